The van der Waals surface area contributed by atoms with Crippen molar-refractivity contribution >= 4 is 35.0 Å². The number of carbonyl (C=O) groups excluding carboxylic acids is 2. The summed E-state index contributed by atoms with van der Waals surface area (Å²) < 4.78 is 0. The van der Waals surface area contributed by atoms with Gasteiger partial charge in [-0.25, -0.2) is 0 Å². The van der Waals surface area contributed by atoms with Gasteiger partial charge in [0.15, 0.2) is 0 Å². The van der Waals surface area contributed by atoms with E-state index >= 15 is 0 Å². The highest BCUT2D eigenvalue weighted by Crippen LogP contribution is 2.29. The Labute approximate surface area is 140 Å². The molecule has 5 nitrogen and oxygen atoms in total. The van der Waals surface area contributed by atoms with Crippen LogP contribution in [0.25, 0.3) is 0 Å². The zero-order valence-electron chi connectivity index (χ0n) is 12.4. The molecule has 1 aromatic rings. The molecule has 0 heterocycles. The molecule has 7 heteroatoms. The van der Waals surface area contributed by atoms with Gasteiger partial charge in [0.05, 0.1) is 6.10 Å². The summed E-state index contributed by atoms with van der Waals surface area (Å²) in [5.74, 6) is -0.472. The predicted molar refractivity (Wildman–Crippen MR) is 87.0 cm³/mol. The summed E-state index contributed by atoms with van der Waals surface area (Å²) in [6.45, 7) is 2.54. The lowest BCUT2D eigenvalue weighted by Crippen LogP contribution is -2.30. The standard InChI is InChI=1S/C15H20Cl2N2O3/c1-2-8-18-13(21)6-7-14(22)19-9-12(20)15-10(16)4-3-5-11(15)17/h3-5,12,20H,2,6-9H2,1H3,(H,18,21)(H,19,22). The van der Waals surface area contributed by atoms with E-state index in [0.717, 1.165) is 6.42 Å². The first-order chi connectivity index (χ1) is 10.5. The Balaban J connectivity index is 2.39. The van der Waals surface area contributed by atoms with Crippen LogP contribution in [-0.2, 0) is 9.59 Å². The molecule has 0 aliphatic rings. The number of amides is 2. The lowest BCUT2D eigenvalue weighted by molar-refractivity contribution is -0.126. The van der Waals surface area contributed by atoms with Gasteiger partial charge in [-0.2, -0.15) is 0 Å². The van der Waals surface area contributed by atoms with Gasteiger partial charge in [0.1, 0.15) is 0 Å². The molecule has 0 aliphatic heterocycles. The molecule has 1 atom stereocenters. The molecule has 0 saturated carbocycles. The fraction of sp³-hybridized carbons (Fsp3) is 0.467. The number of aliphatic hydroxyl groups is 1. The molecule has 122 valence electrons. The van der Waals surface area contributed by atoms with Crippen LogP contribution < -0.4 is 10.6 Å². The van der Waals surface area contributed by atoms with Gasteiger partial charge in [0.2, 0.25) is 11.8 Å². The predicted octanol–water partition coefficient (Wildman–Crippen LogP) is 2.45. The highest BCUT2D eigenvalue weighted by molar-refractivity contribution is 6.36. The van der Waals surface area contributed by atoms with Crippen LogP contribution in [0.1, 0.15) is 37.9 Å². The summed E-state index contributed by atoms with van der Waals surface area (Å²) in [6.07, 6.45) is 0.0369. The second-order valence-corrected chi connectivity index (χ2v) is 5.62. The van der Waals surface area contributed by atoms with Crippen LogP contribution in [0.5, 0.6) is 0 Å². The van der Waals surface area contributed by atoms with Crippen LogP contribution in [0.15, 0.2) is 18.2 Å². The molecule has 1 aromatic carbocycles. The Morgan fingerprint density at radius 2 is 1.68 bits per heavy atom. The van der Waals surface area contributed by atoms with Gasteiger partial charge >= 0.3 is 0 Å². The number of carbonyl (C=O) groups is 2. The molecule has 1 unspecified atom stereocenters. The van der Waals surface area contributed by atoms with Crippen LogP contribution in [0, 0.1) is 0 Å². The van der Waals surface area contributed by atoms with Crippen molar-refractivity contribution in [2.45, 2.75) is 32.3 Å². The lowest BCUT2D eigenvalue weighted by Gasteiger charge is -2.15. The van der Waals surface area contributed by atoms with Gasteiger partial charge in [-0.1, -0.05) is 36.2 Å². The van der Waals surface area contributed by atoms with Gasteiger partial charge in [0.25, 0.3) is 0 Å². The number of hydrogen-bond donors (Lipinski definition) is 3. The number of nitrogens with one attached hydrogen (secondary N) is 2. The van der Waals surface area contributed by atoms with Crippen LogP contribution in [-0.4, -0.2) is 30.0 Å². The third-order valence-corrected chi connectivity index (χ3v) is 3.64. The third-order valence-electron chi connectivity index (χ3n) is 2.98. The normalized spacial score (nSPS) is 11.8. The molecule has 1 rings (SSSR count). The van der Waals surface area contributed by atoms with Gasteiger partial charge < -0.3 is 15.7 Å². The maximum atomic E-state index is 11.7. The first-order valence-corrected chi connectivity index (χ1v) is 7.86. The van der Waals surface area contributed by atoms with E-state index in [4.69, 9.17) is 23.2 Å². The van der Waals surface area contributed by atoms with E-state index in [-0.39, 0.29) is 31.2 Å². The fourth-order valence-corrected chi connectivity index (χ4v) is 2.46. The molecule has 0 bridgehead atoms. The molecule has 0 aromatic heterocycles. The van der Waals surface area contributed by atoms with E-state index in [1.807, 2.05) is 6.92 Å². The van der Waals surface area contributed by atoms with Crippen LogP contribution in [0.4, 0.5) is 0 Å². The SMILES string of the molecule is CCCNC(=O)CCC(=O)NCC(O)c1c(Cl)cccc1Cl. The summed E-state index contributed by atoms with van der Waals surface area (Å²) >= 11 is 12.0. The van der Waals surface area contributed by atoms with Crippen molar-refractivity contribution in [3.8, 4) is 0 Å². The maximum Gasteiger partial charge on any atom is 0.220 e. The van der Waals surface area contributed by atoms with E-state index in [1.54, 1.807) is 18.2 Å². The van der Waals surface area contributed by atoms with E-state index < -0.39 is 6.10 Å². The average Bonchev–Trinajstić information content (AvgIpc) is 2.48. The summed E-state index contributed by atoms with van der Waals surface area (Å²) in [7, 11) is 0. The van der Waals surface area contributed by atoms with E-state index in [9.17, 15) is 14.7 Å². The number of rotatable bonds is 8. The highest BCUT2D eigenvalue weighted by atomic mass is 35.5. The quantitative estimate of drug-likeness (QED) is 0.676. The minimum Gasteiger partial charge on any atom is -0.386 e. The Bertz CT molecular complexity index is 503. The number of hydrogen-bond acceptors (Lipinski definition) is 3. The Hall–Kier alpha value is -1.30. The molecular formula is C15H20Cl2N2O3. The molecule has 0 spiro atoms. The fourth-order valence-electron chi connectivity index (χ4n) is 1.81. The second kappa shape index (κ2) is 9.66. The molecule has 0 fully saturated rings. The largest absolute Gasteiger partial charge is 0.386 e. The Morgan fingerprint density at radius 3 is 2.23 bits per heavy atom. The maximum absolute atomic E-state index is 11.7. The van der Waals surface area contributed by atoms with Crippen molar-refractivity contribution in [3.05, 3.63) is 33.8 Å². The molecule has 22 heavy (non-hydrogen) atoms. The van der Waals surface area contributed by atoms with E-state index in [1.165, 1.54) is 0 Å². The third kappa shape index (κ3) is 6.22. The smallest absolute Gasteiger partial charge is 0.220 e. The van der Waals surface area contributed by atoms with Crippen molar-refractivity contribution in [1.82, 2.24) is 10.6 Å². The number of halogens is 2. The van der Waals surface area contributed by atoms with Crippen molar-refractivity contribution < 1.29 is 14.7 Å². The minimum absolute atomic E-state index is 0.0150. The first-order valence-electron chi connectivity index (χ1n) is 7.11. The van der Waals surface area contributed by atoms with Gasteiger partial charge in [0, 0.05) is 41.5 Å². The summed E-state index contributed by atoms with van der Waals surface area (Å²) in [5.41, 5.74) is 0.381. The van der Waals surface area contributed by atoms with E-state index in [0.29, 0.717) is 22.2 Å². The average molecular weight is 347 g/mol. The topological polar surface area (TPSA) is 78.4 Å². The van der Waals surface area contributed by atoms with Crippen molar-refractivity contribution in [2.75, 3.05) is 13.1 Å². The van der Waals surface area contributed by atoms with Gasteiger partial charge in [-0.05, 0) is 18.6 Å². The monoisotopic (exact) mass is 346 g/mol. The van der Waals surface area contributed by atoms with Crippen molar-refractivity contribution in [1.29, 1.82) is 0 Å². The van der Waals surface area contributed by atoms with Crippen molar-refractivity contribution in [3.63, 3.8) is 0 Å². The van der Waals surface area contributed by atoms with Gasteiger partial charge in [-0.3, -0.25) is 9.59 Å². The Morgan fingerprint density at radius 1 is 1.14 bits per heavy atom. The molecule has 0 radical (unpaired) electrons. The summed E-state index contributed by atoms with van der Waals surface area (Å²) in [4.78, 5) is 23.0. The second-order valence-electron chi connectivity index (χ2n) is 4.81. The molecule has 0 aliphatic carbocycles. The summed E-state index contributed by atoms with van der Waals surface area (Å²) in [6, 6.07) is 4.91. The molecule has 3 N–H and O–H groups in total. The Kier molecular flexibility index (Phi) is 8.24. The van der Waals surface area contributed by atoms with Crippen LogP contribution >= 0.6 is 23.2 Å². The first kappa shape index (κ1) is 18.7. The molecule has 0 saturated heterocycles. The lowest BCUT2D eigenvalue weighted by atomic mass is 10.1. The van der Waals surface area contributed by atoms with Crippen molar-refractivity contribution in [2.24, 2.45) is 0 Å². The highest BCUT2D eigenvalue weighted by Gasteiger charge is 2.16. The number of aliphatic hydroxyl groups excluding tert-OH is 1. The zero-order valence-corrected chi connectivity index (χ0v) is 13.9. The van der Waals surface area contributed by atoms with E-state index in [2.05, 4.69) is 10.6 Å². The van der Waals surface area contributed by atoms with Crippen LogP contribution in [0.2, 0.25) is 10.0 Å². The summed E-state index contributed by atoms with van der Waals surface area (Å²) in [5, 5.41) is 16.0. The molecular weight excluding hydrogens is 327 g/mol. The number of benzene rings is 1. The van der Waals surface area contributed by atoms with Gasteiger partial charge in [-0.15, -0.1) is 0 Å². The van der Waals surface area contributed by atoms with Crippen LogP contribution in [0.3, 0.4) is 0 Å². The minimum atomic E-state index is -1.00. The molecule has 2 amide bonds. The zero-order chi connectivity index (χ0) is 16.5.